The lowest BCUT2D eigenvalue weighted by Crippen LogP contribution is -2.51. The van der Waals surface area contributed by atoms with E-state index in [1.807, 2.05) is 39.8 Å². The Hall–Kier alpha value is -2.41. The van der Waals surface area contributed by atoms with E-state index in [0.717, 1.165) is 22.0 Å². The summed E-state index contributed by atoms with van der Waals surface area (Å²) < 4.78 is 20.0. The van der Waals surface area contributed by atoms with E-state index < -0.39 is 6.04 Å². The van der Waals surface area contributed by atoms with Crippen LogP contribution < -0.4 is 10.1 Å². The number of ether oxygens (including phenoxy) is 1. The number of benzene rings is 2. The minimum atomic E-state index is -0.651. The smallest absolute Gasteiger partial charge is 0.261 e. The van der Waals surface area contributed by atoms with E-state index in [9.17, 15) is 14.0 Å². The van der Waals surface area contributed by atoms with E-state index in [0.29, 0.717) is 12.2 Å². The molecule has 2 amide bonds. The fourth-order valence-corrected chi connectivity index (χ4v) is 3.33. The molecule has 168 valence electrons. The fourth-order valence-electron chi connectivity index (χ4n) is 3.08. The van der Waals surface area contributed by atoms with Crippen molar-refractivity contribution in [1.29, 1.82) is 0 Å². The molecule has 0 aromatic heterocycles. The van der Waals surface area contributed by atoms with Gasteiger partial charge < -0.3 is 15.0 Å². The van der Waals surface area contributed by atoms with Crippen molar-refractivity contribution in [2.45, 2.75) is 59.2 Å². The number of aryl methyl sites for hydroxylation is 1. The molecule has 0 heterocycles. The van der Waals surface area contributed by atoms with Crippen LogP contribution in [0.15, 0.2) is 46.9 Å². The fraction of sp³-hybridized carbons (Fsp3) is 0.417. The van der Waals surface area contributed by atoms with Crippen molar-refractivity contribution in [3.8, 4) is 5.75 Å². The topological polar surface area (TPSA) is 58.6 Å². The summed E-state index contributed by atoms with van der Waals surface area (Å²) in [5.74, 6) is -0.284. The van der Waals surface area contributed by atoms with Crippen LogP contribution in [0.3, 0.4) is 0 Å². The lowest BCUT2D eigenvalue weighted by atomic mass is 10.1. The van der Waals surface area contributed by atoms with Gasteiger partial charge in [-0.15, -0.1) is 0 Å². The van der Waals surface area contributed by atoms with E-state index >= 15 is 0 Å². The second-order valence-electron chi connectivity index (χ2n) is 7.59. The highest BCUT2D eigenvalue weighted by Gasteiger charge is 2.29. The van der Waals surface area contributed by atoms with Gasteiger partial charge in [0.1, 0.15) is 17.6 Å². The van der Waals surface area contributed by atoms with Crippen LogP contribution in [-0.2, 0) is 16.1 Å². The third kappa shape index (κ3) is 7.35. The van der Waals surface area contributed by atoms with Crippen molar-refractivity contribution in [3.63, 3.8) is 0 Å². The Morgan fingerprint density at radius 1 is 1.13 bits per heavy atom. The van der Waals surface area contributed by atoms with Gasteiger partial charge in [-0.25, -0.2) is 4.39 Å². The molecule has 2 aromatic carbocycles. The molecule has 0 fully saturated rings. The van der Waals surface area contributed by atoms with E-state index in [1.165, 1.54) is 17.0 Å². The maximum Gasteiger partial charge on any atom is 0.261 e. The second kappa shape index (κ2) is 11.8. The average Bonchev–Trinajstić information content (AvgIpc) is 2.75. The molecule has 2 aromatic rings. The summed E-state index contributed by atoms with van der Waals surface area (Å²) in [5, 5.41) is 2.96. The summed E-state index contributed by atoms with van der Waals surface area (Å²) >= 11 is 3.44. The molecular weight excluding hydrogens is 463 g/mol. The highest BCUT2D eigenvalue weighted by molar-refractivity contribution is 9.10. The van der Waals surface area contributed by atoms with Crippen molar-refractivity contribution in [3.05, 3.63) is 63.9 Å². The lowest BCUT2D eigenvalue weighted by molar-refractivity contribution is -0.143. The number of rotatable bonds is 10. The number of hydrogen-bond donors (Lipinski definition) is 1. The molecule has 0 unspecified atom stereocenters. The molecule has 2 rings (SSSR count). The number of hydrogen-bond acceptors (Lipinski definition) is 3. The molecule has 7 heteroatoms. The second-order valence-corrected chi connectivity index (χ2v) is 8.44. The number of nitrogens with zero attached hydrogens (tertiary/aromatic N) is 1. The molecule has 0 saturated heterocycles. The largest absolute Gasteiger partial charge is 0.484 e. The Kier molecular flexibility index (Phi) is 9.49. The zero-order valence-electron chi connectivity index (χ0n) is 18.5. The predicted octanol–water partition coefficient (Wildman–Crippen LogP) is 5.00. The van der Waals surface area contributed by atoms with Gasteiger partial charge in [-0.2, -0.15) is 0 Å². The SMILES string of the molecule is CC[C@H](C(=O)N[C@@H](C)CC)N(Cc1ccc(F)cc1)C(=O)COc1ccc(Br)c(C)c1. The maximum atomic E-state index is 13.3. The normalized spacial score (nSPS) is 12.7. The minimum absolute atomic E-state index is 0.00585. The number of carbonyl (C=O) groups is 2. The molecule has 2 atom stereocenters. The first kappa shape index (κ1) is 24.9. The number of halogens is 2. The van der Waals surface area contributed by atoms with Crippen molar-refractivity contribution < 1.29 is 18.7 Å². The summed E-state index contributed by atoms with van der Waals surface area (Å²) in [6, 6.07) is 10.8. The van der Waals surface area contributed by atoms with Gasteiger partial charge in [-0.3, -0.25) is 9.59 Å². The van der Waals surface area contributed by atoms with Crippen molar-refractivity contribution in [2.24, 2.45) is 0 Å². The van der Waals surface area contributed by atoms with Crippen LogP contribution in [0.1, 0.15) is 44.7 Å². The highest BCUT2D eigenvalue weighted by atomic mass is 79.9. The highest BCUT2D eigenvalue weighted by Crippen LogP contribution is 2.22. The molecule has 0 aliphatic carbocycles. The number of nitrogens with one attached hydrogen (secondary N) is 1. The first-order chi connectivity index (χ1) is 14.7. The lowest BCUT2D eigenvalue weighted by Gasteiger charge is -2.31. The summed E-state index contributed by atoms with van der Waals surface area (Å²) in [4.78, 5) is 27.5. The van der Waals surface area contributed by atoms with Crippen molar-refractivity contribution >= 4 is 27.7 Å². The monoisotopic (exact) mass is 492 g/mol. The molecule has 0 aliphatic rings. The third-order valence-corrected chi connectivity index (χ3v) is 6.03. The Balaban J connectivity index is 2.21. The van der Waals surface area contributed by atoms with Gasteiger partial charge in [0, 0.05) is 17.1 Å². The molecule has 5 nitrogen and oxygen atoms in total. The van der Waals surface area contributed by atoms with E-state index in [2.05, 4.69) is 21.2 Å². The Bertz CT molecular complexity index is 889. The summed E-state index contributed by atoms with van der Waals surface area (Å²) in [5.41, 5.74) is 1.73. The Morgan fingerprint density at radius 2 is 1.81 bits per heavy atom. The number of amides is 2. The van der Waals surface area contributed by atoms with Crippen LogP contribution >= 0.6 is 15.9 Å². The van der Waals surface area contributed by atoms with Gasteiger partial charge in [-0.05, 0) is 68.1 Å². The zero-order valence-corrected chi connectivity index (χ0v) is 20.0. The number of carbonyl (C=O) groups excluding carboxylic acids is 2. The molecule has 0 radical (unpaired) electrons. The van der Waals surface area contributed by atoms with E-state index in [4.69, 9.17) is 4.74 Å². The van der Waals surface area contributed by atoms with Gasteiger partial charge in [0.2, 0.25) is 5.91 Å². The zero-order chi connectivity index (χ0) is 23.0. The first-order valence-corrected chi connectivity index (χ1v) is 11.3. The van der Waals surface area contributed by atoms with Crippen molar-refractivity contribution in [1.82, 2.24) is 10.2 Å². The first-order valence-electron chi connectivity index (χ1n) is 10.5. The Labute approximate surface area is 192 Å². The van der Waals surface area contributed by atoms with Crippen LogP contribution in [0.25, 0.3) is 0 Å². The summed E-state index contributed by atoms with van der Waals surface area (Å²) in [6.07, 6.45) is 1.24. The van der Waals surface area contributed by atoms with Gasteiger partial charge in [0.05, 0.1) is 0 Å². The minimum Gasteiger partial charge on any atom is -0.484 e. The predicted molar refractivity (Wildman–Crippen MR) is 123 cm³/mol. The third-order valence-electron chi connectivity index (χ3n) is 5.14. The van der Waals surface area contributed by atoms with Crippen LogP contribution in [0.4, 0.5) is 4.39 Å². The summed E-state index contributed by atoms with van der Waals surface area (Å²) in [6.45, 7) is 7.71. The van der Waals surface area contributed by atoms with Crippen molar-refractivity contribution in [2.75, 3.05) is 6.61 Å². The van der Waals surface area contributed by atoms with Crippen LogP contribution in [-0.4, -0.2) is 35.4 Å². The van der Waals surface area contributed by atoms with Crippen LogP contribution in [0.5, 0.6) is 5.75 Å². The van der Waals surface area contributed by atoms with Gasteiger partial charge in [0.15, 0.2) is 6.61 Å². The van der Waals surface area contributed by atoms with Crippen LogP contribution in [0, 0.1) is 12.7 Å². The Morgan fingerprint density at radius 3 is 2.39 bits per heavy atom. The average molecular weight is 493 g/mol. The maximum absolute atomic E-state index is 13.3. The van der Waals surface area contributed by atoms with Gasteiger partial charge >= 0.3 is 0 Å². The van der Waals surface area contributed by atoms with Crippen LogP contribution in [0.2, 0.25) is 0 Å². The standard InChI is InChI=1S/C24H30BrFN2O3/c1-5-17(4)27-24(30)22(6-2)28(14-18-7-9-19(26)10-8-18)23(29)15-31-20-11-12-21(25)16(3)13-20/h7-13,17,22H,5-6,14-15H2,1-4H3,(H,27,30)/t17-,22+/m0/s1. The van der Waals surface area contributed by atoms with Gasteiger partial charge in [0.25, 0.3) is 5.91 Å². The van der Waals surface area contributed by atoms with E-state index in [-0.39, 0.29) is 36.8 Å². The summed E-state index contributed by atoms with van der Waals surface area (Å²) in [7, 11) is 0. The molecule has 31 heavy (non-hydrogen) atoms. The molecule has 0 aliphatic heterocycles. The molecule has 0 saturated carbocycles. The molecule has 0 bridgehead atoms. The molecule has 0 spiro atoms. The molecule has 1 N–H and O–H groups in total. The molecular formula is C24H30BrFN2O3. The van der Waals surface area contributed by atoms with Gasteiger partial charge in [-0.1, -0.05) is 41.9 Å². The van der Waals surface area contributed by atoms with E-state index in [1.54, 1.807) is 18.2 Å². The quantitative estimate of drug-likeness (QED) is 0.507.